The molecule has 0 aliphatic carbocycles. The molecule has 9 heteroatoms. The quantitative estimate of drug-likeness (QED) is 0.699. The van der Waals surface area contributed by atoms with Crippen LogP contribution in [-0.4, -0.2) is 43.7 Å². The molecule has 140 valence electrons. The van der Waals surface area contributed by atoms with Crippen LogP contribution in [0.3, 0.4) is 0 Å². The lowest BCUT2D eigenvalue weighted by molar-refractivity contribution is -0.142. The zero-order valence-electron chi connectivity index (χ0n) is 14.7. The van der Waals surface area contributed by atoms with Gasteiger partial charge in [-0.05, 0) is 41.5 Å². The average molecular weight is 363 g/mol. The van der Waals surface area contributed by atoms with Gasteiger partial charge in [-0.3, -0.25) is 9.59 Å². The van der Waals surface area contributed by atoms with Crippen LogP contribution in [0.5, 0.6) is 0 Å². The van der Waals surface area contributed by atoms with Crippen LogP contribution in [0.25, 0.3) is 0 Å². The molecule has 0 aliphatic heterocycles. The van der Waals surface area contributed by atoms with Crippen molar-refractivity contribution in [3.05, 3.63) is 41.5 Å². The summed E-state index contributed by atoms with van der Waals surface area (Å²) in [7, 11) is 0. The van der Waals surface area contributed by atoms with E-state index in [-0.39, 0.29) is 24.7 Å². The number of nitrogens with zero attached hydrogens (tertiary/aromatic N) is 4. The number of carbonyl (C=O) groups is 2. The van der Waals surface area contributed by atoms with E-state index in [1.807, 2.05) is 6.92 Å². The van der Waals surface area contributed by atoms with Crippen molar-refractivity contribution in [1.29, 1.82) is 0 Å². The first-order valence-electron chi connectivity index (χ1n) is 8.41. The molecule has 2 unspecified atom stereocenters. The van der Waals surface area contributed by atoms with Gasteiger partial charge in [0.2, 0.25) is 5.91 Å². The van der Waals surface area contributed by atoms with Gasteiger partial charge in [0.15, 0.2) is 0 Å². The van der Waals surface area contributed by atoms with Crippen LogP contribution in [-0.2, 0) is 16.0 Å². The number of aryl methyl sites for hydroxylation is 1. The van der Waals surface area contributed by atoms with Gasteiger partial charge in [-0.2, -0.15) is 0 Å². The third-order valence-electron chi connectivity index (χ3n) is 4.11. The van der Waals surface area contributed by atoms with Gasteiger partial charge in [0.05, 0.1) is 5.92 Å². The Morgan fingerprint density at radius 3 is 2.54 bits per heavy atom. The molecule has 0 fully saturated rings. The lowest BCUT2D eigenvalue weighted by Gasteiger charge is -2.19. The number of carboxylic acid groups (broad SMARTS) is 1. The third kappa shape index (κ3) is 5.08. The summed E-state index contributed by atoms with van der Waals surface area (Å²) in [5.74, 6) is -1.88. The largest absolute Gasteiger partial charge is 0.481 e. The molecule has 2 N–H and O–H groups in total. The molecule has 0 saturated heterocycles. The Labute approximate surface area is 150 Å². The Hall–Kier alpha value is -2.84. The molecule has 0 bridgehead atoms. The monoisotopic (exact) mass is 363 g/mol. The molecule has 1 aromatic carbocycles. The van der Waals surface area contributed by atoms with Gasteiger partial charge in [-0.15, -0.1) is 5.10 Å². The fourth-order valence-electron chi connectivity index (χ4n) is 2.66. The van der Waals surface area contributed by atoms with Crippen molar-refractivity contribution in [1.82, 2.24) is 25.5 Å². The van der Waals surface area contributed by atoms with Crippen LogP contribution in [0.2, 0.25) is 0 Å². The number of carbonyl (C=O) groups excluding carboxylic acids is 1. The summed E-state index contributed by atoms with van der Waals surface area (Å²) < 4.78 is 14.5. The van der Waals surface area contributed by atoms with Gasteiger partial charge >= 0.3 is 5.97 Å². The number of halogens is 1. The zero-order valence-corrected chi connectivity index (χ0v) is 14.7. The van der Waals surface area contributed by atoms with Crippen molar-refractivity contribution < 1.29 is 19.1 Å². The van der Waals surface area contributed by atoms with Crippen LogP contribution in [0, 0.1) is 18.7 Å². The van der Waals surface area contributed by atoms with E-state index in [4.69, 9.17) is 0 Å². The molecule has 1 heterocycles. The topological polar surface area (TPSA) is 110 Å². The van der Waals surface area contributed by atoms with E-state index in [1.54, 1.807) is 19.1 Å². The number of aromatic nitrogens is 4. The fourth-order valence-corrected chi connectivity index (χ4v) is 2.66. The highest BCUT2D eigenvalue weighted by Gasteiger charge is 2.26. The van der Waals surface area contributed by atoms with Crippen LogP contribution in [0.1, 0.15) is 37.2 Å². The van der Waals surface area contributed by atoms with Crippen molar-refractivity contribution in [2.75, 3.05) is 6.54 Å². The summed E-state index contributed by atoms with van der Waals surface area (Å²) in [6, 6.07) is 5.06. The number of amides is 1. The van der Waals surface area contributed by atoms with E-state index in [0.717, 1.165) is 5.56 Å². The number of tetrazole rings is 1. The van der Waals surface area contributed by atoms with E-state index >= 15 is 0 Å². The third-order valence-corrected chi connectivity index (χ3v) is 4.11. The summed E-state index contributed by atoms with van der Waals surface area (Å²) in [6.45, 7) is 3.59. The molecule has 0 radical (unpaired) electrons. The molecule has 26 heavy (non-hydrogen) atoms. The summed E-state index contributed by atoms with van der Waals surface area (Å²) in [5.41, 5.74) is 0.741. The highest BCUT2D eigenvalue weighted by molar-refractivity contribution is 5.81. The molecule has 0 spiro atoms. The van der Waals surface area contributed by atoms with Crippen molar-refractivity contribution in [3.63, 3.8) is 0 Å². The second-order valence-electron chi connectivity index (χ2n) is 6.09. The van der Waals surface area contributed by atoms with Crippen molar-refractivity contribution in [3.8, 4) is 0 Å². The van der Waals surface area contributed by atoms with Crippen LogP contribution in [0.15, 0.2) is 24.3 Å². The highest BCUT2D eigenvalue weighted by atomic mass is 19.1. The van der Waals surface area contributed by atoms with E-state index in [0.29, 0.717) is 18.7 Å². The first-order chi connectivity index (χ1) is 12.4. The number of hydrogen-bond donors (Lipinski definition) is 2. The van der Waals surface area contributed by atoms with Gasteiger partial charge in [-0.1, -0.05) is 25.5 Å². The summed E-state index contributed by atoms with van der Waals surface area (Å²) in [5, 5.41) is 23.1. The molecule has 8 nitrogen and oxygen atoms in total. The minimum atomic E-state index is -0.944. The Morgan fingerprint density at radius 1 is 1.31 bits per heavy atom. The van der Waals surface area contributed by atoms with Crippen LogP contribution in [0.4, 0.5) is 4.39 Å². The second kappa shape index (κ2) is 9.02. The molecular weight excluding hydrogens is 341 g/mol. The van der Waals surface area contributed by atoms with E-state index in [1.165, 1.54) is 16.8 Å². The predicted molar refractivity (Wildman–Crippen MR) is 90.7 cm³/mol. The summed E-state index contributed by atoms with van der Waals surface area (Å²) >= 11 is 0. The molecule has 0 saturated carbocycles. The molecule has 0 aliphatic rings. The standard InChI is InChI=1S/C17H22FN5O3/c1-3-4-13(17(25)26)10-19-16(24)15(23-11(2)20-21-22-23)9-12-5-7-14(18)8-6-12/h5-8,13,15H,3-4,9-10H2,1-2H3,(H,19,24)(H,25,26). The summed E-state index contributed by atoms with van der Waals surface area (Å²) in [6.07, 6.45) is 1.43. The molecule has 2 aromatic rings. The van der Waals surface area contributed by atoms with Crippen molar-refractivity contribution in [2.45, 2.75) is 39.2 Å². The maximum atomic E-state index is 13.1. The smallest absolute Gasteiger partial charge is 0.308 e. The zero-order chi connectivity index (χ0) is 19.1. The minimum Gasteiger partial charge on any atom is -0.481 e. The average Bonchev–Trinajstić information content (AvgIpc) is 3.03. The fraction of sp³-hybridized carbons (Fsp3) is 0.471. The molecule has 1 amide bonds. The normalized spacial score (nSPS) is 13.2. The lowest BCUT2D eigenvalue weighted by atomic mass is 10.0. The first-order valence-corrected chi connectivity index (χ1v) is 8.41. The number of hydrogen-bond acceptors (Lipinski definition) is 5. The first kappa shape index (κ1) is 19.5. The lowest BCUT2D eigenvalue weighted by Crippen LogP contribution is -2.39. The van der Waals surface area contributed by atoms with Crippen LogP contribution < -0.4 is 5.32 Å². The Morgan fingerprint density at radius 2 is 2.00 bits per heavy atom. The SMILES string of the molecule is CCCC(CNC(=O)C(Cc1ccc(F)cc1)n1nnnc1C)C(=O)O. The number of benzene rings is 1. The Balaban J connectivity index is 2.15. The molecule has 2 rings (SSSR count). The van der Waals surface area contributed by atoms with Crippen molar-refractivity contribution >= 4 is 11.9 Å². The number of nitrogens with one attached hydrogen (secondary N) is 1. The number of rotatable bonds is 9. The summed E-state index contributed by atoms with van der Waals surface area (Å²) in [4.78, 5) is 24.0. The van der Waals surface area contributed by atoms with E-state index in [9.17, 15) is 19.1 Å². The van der Waals surface area contributed by atoms with Gasteiger partial charge in [0, 0.05) is 13.0 Å². The predicted octanol–water partition coefficient (Wildman–Crippen LogP) is 1.52. The second-order valence-corrected chi connectivity index (χ2v) is 6.09. The van der Waals surface area contributed by atoms with Gasteiger partial charge in [-0.25, -0.2) is 9.07 Å². The van der Waals surface area contributed by atoms with Gasteiger partial charge in [0.1, 0.15) is 17.7 Å². The van der Waals surface area contributed by atoms with Gasteiger partial charge < -0.3 is 10.4 Å². The Kier molecular flexibility index (Phi) is 6.76. The molecule has 2 atom stereocenters. The van der Waals surface area contributed by atoms with E-state index in [2.05, 4.69) is 20.8 Å². The maximum absolute atomic E-state index is 13.1. The van der Waals surface area contributed by atoms with Crippen molar-refractivity contribution in [2.24, 2.45) is 5.92 Å². The maximum Gasteiger partial charge on any atom is 0.308 e. The number of aliphatic carboxylic acids is 1. The molecular formula is C17H22FN5O3. The minimum absolute atomic E-state index is 0.0309. The van der Waals surface area contributed by atoms with Gasteiger partial charge in [0.25, 0.3) is 0 Å². The Bertz CT molecular complexity index is 747. The highest BCUT2D eigenvalue weighted by Crippen LogP contribution is 2.16. The molecule has 1 aromatic heterocycles. The number of carboxylic acids is 1. The van der Waals surface area contributed by atoms with E-state index < -0.39 is 17.9 Å². The van der Waals surface area contributed by atoms with Crippen LogP contribution >= 0.6 is 0 Å².